The molecule has 1 heterocycles. The Morgan fingerprint density at radius 1 is 1.28 bits per heavy atom. The maximum absolute atomic E-state index is 11.2. The summed E-state index contributed by atoms with van der Waals surface area (Å²) >= 11 is 0. The second-order valence-corrected chi connectivity index (χ2v) is 4.31. The molecule has 0 aromatic heterocycles. The third kappa shape index (κ3) is 2.80. The molecule has 0 spiro atoms. The molecule has 1 fully saturated rings. The van der Waals surface area contributed by atoms with Gasteiger partial charge in [-0.2, -0.15) is 0 Å². The zero-order valence-electron chi connectivity index (χ0n) is 10.4. The van der Waals surface area contributed by atoms with E-state index in [9.17, 15) is 9.59 Å². The standard InChI is InChI=1S/C13H17N3O2/c1-11(18)15-5-7-16(8-6-15)13-4-2-3-12(9-13)14-10-17/h2-4,9-10H,5-8H2,1H3,(H,14,17). The smallest absolute Gasteiger partial charge is 0.219 e. The van der Waals surface area contributed by atoms with E-state index in [2.05, 4.69) is 10.2 Å². The van der Waals surface area contributed by atoms with Gasteiger partial charge >= 0.3 is 0 Å². The summed E-state index contributed by atoms with van der Waals surface area (Å²) in [5.74, 6) is 0.131. The lowest BCUT2D eigenvalue weighted by molar-refractivity contribution is -0.129. The van der Waals surface area contributed by atoms with Gasteiger partial charge in [0.25, 0.3) is 0 Å². The average molecular weight is 247 g/mol. The first-order valence-corrected chi connectivity index (χ1v) is 6.01. The van der Waals surface area contributed by atoms with E-state index < -0.39 is 0 Å². The second kappa shape index (κ2) is 5.53. The molecule has 1 aromatic carbocycles. The molecule has 1 N–H and O–H groups in total. The Balaban J connectivity index is 2.02. The van der Waals surface area contributed by atoms with Crippen LogP contribution in [0.15, 0.2) is 24.3 Å². The van der Waals surface area contributed by atoms with Gasteiger partial charge in [0.1, 0.15) is 0 Å². The van der Waals surface area contributed by atoms with Crippen molar-refractivity contribution in [3.63, 3.8) is 0 Å². The van der Waals surface area contributed by atoms with Gasteiger partial charge in [-0.3, -0.25) is 9.59 Å². The zero-order chi connectivity index (χ0) is 13.0. The number of anilines is 2. The van der Waals surface area contributed by atoms with Crippen molar-refractivity contribution in [1.82, 2.24) is 4.90 Å². The zero-order valence-corrected chi connectivity index (χ0v) is 10.4. The molecule has 1 aliphatic heterocycles. The summed E-state index contributed by atoms with van der Waals surface area (Å²) < 4.78 is 0. The first kappa shape index (κ1) is 12.4. The molecule has 5 nitrogen and oxygen atoms in total. The van der Waals surface area contributed by atoms with Crippen LogP contribution in [0.2, 0.25) is 0 Å². The summed E-state index contributed by atoms with van der Waals surface area (Å²) in [6.07, 6.45) is 0.673. The van der Waals surface area contributed by atoms with Gasteiger partial charge in [-0.1, -0.05) is 6.07 Å². The van der Waals surface area contributed by atoms with Crippen LogP contribution in [0.4, 0.5) is 11.4 Å². The highest BCUT2D eigenvalue weighted by Crippen LogP contribution is 2.20. The number of nitrogens with one attached hydrogen (secondary N) is 1. The average Bonchev–Trinajstić information content (AvgIpc) is 2.39. The number of piperazine rings is 1. The molecule has 0 aliphatic carbocycles. The highest BCUT2D eigenvalue weighted by molar-refractivity contribution is 5.74. The van der Waals surface area contributed by atoms with E-state index in [-0.39, 0.29) is 5.91 Å². The Morgan fingerprint density at radius 2 is 2.00 bits per heavy atom. The molecule has 1 saturated heterocycles. The quantitative estimate of drug-likeness (QED) is 0.808. The first-order chi connectivity index (χ1) is 8.70. The van der Waals surface area contributed by atoms with Crippen LogP contribution in [0.1, 0.15) is 6.92 Å². The SMILES string of the molecule is CC(=O)N1CCN(c2cccc(NC=O)c2)CC1. The van der Waals surface area contributed by atoms with Gasteiger partial charge in [-0.05, 0) is 18.2 Å². The van der Waals surface area contributed by atoms with Crippen LogP contribution >= 0.6 is 0 Å². The first-order valence-electron chi connectivity index (χ1n) is 6.01. The van der Waals surface area contributed by atoms with Crippen molar-refractivity contribution in [2.75, 3.05) is 36.4 Å². The van der Waals surface area contributed by atoms with E-state index in [4.69, 9.17) is 0 Å². The molecule has 0 unspecified atom stereocenters. The molecule has 2 amide bonds. The Morgan fingerprint density at radius 3 is 2.61 bits per heavy atom. The van der Waals surface area contributed by atoms with Gasteiger partial charge in [-0.15, -0.1) is 0 Å². The van der Waals surface area contributed by atoms with E-state index in [1.165, 1.54) is 0 Å². The predicted molar refractivity (Wildman–Crippen MR) is 70.6 cm³/mol. The Hall–Kier alpha value is -2.04. The lowest BCUT2D eigenvalue weighted by atomic mass is 10.2. The Bertz CT molecular complexity index is 440. The highest BCUT2D eigenvalue weighted by atomic mass is 16.2. The molecular weight excluding hydrogens is 230 g/mol. The van der Waals surface area contributed by atoms with Crippen LogP contribution in [-0.2, 0) is 9.59 Å². The summed E-state index contributed by atoms with van der Waals surface area (Å²) in [7, 11) is 0. The summed E-state index contributed by atoms with van der Waals surface area (Å²) in [6, 6.07) is 7.72. The minimum atomic E-state index is 0.131. The summed E-state index contributed by atoms with van der Waals surface area (Å²) in [5.41, 5.74) is 1.86. The van der Waals surface area contributed by atoms with Crippen LogP contribution in [0.5, 0.6) is 0 Å². The van der Waals surface area contributed by atoms with Gasteiger partial charge in [-0.25, -0.2) is 0 Å². The lowest BCUT2D eigenvalue weighted by Crippen LogP contribution is -2.48. The number of amides is 2. The Kier molecular flexibility index (Phi) is 3.82. The minimum absolute atomic E-state index is 0.131. The molecule has 0 radical (unpaired) electrons. The fourth-order valence-corrected chi connectivity index (χ4v) is 2.14. The predicted octanol–water partition coefficient (Wildman–Crippen LogP) is 0.923. The molecule has 0 atom stereocenters. The van der Waals surface area contributed by atoms with Crippen LogP contribution in [0.3, 0.4) is 0 Å². The van der Waals surface area contributed by atoms with Gasteiger partial charge in [0.15, 0.2) is 0 Å². The summed E-state index contributed by atoms with van der Waals surface area (Å²) in [5, 5.41) is 2.64. The topological polar surface area (TPSA) is 52.7 Å². The van der Waals surface area contributed by atoms with Crippen molar-refractivity contribution in [2.45, 2.75) is 6.92 Å². The number of nitrogens with zero attached hydrogens (tertiary/aromatic N) is 2. The molecule has 18 heavy (non-hydrogen) atoms. The molecule has 0 bridgehead atoms. The molecule has 1 aromatic rings. The molecular formula is C13H17N3O2. The normalized spacial score (nSPS) is 15.4. The van der Waals surface area contributed by atoms with Crippen molar-refractivity contribution in [3.05, 3.63) is 24.3 Å². The van der Waals surface area contributed by atoms with E-state index in [0.717, 1.165) is 37.6 Å². The van der Waals surface area contributed by atoms with Gasteiger partial charge in [0, 0.05) is 44.5 Å². The van der Waals surface area contributed by atoms with Crippen molar-refractivity contribution in [2.24, 2.45) is 0 Å². The van der Waals surface area contributed by atoms with Gasteiger partial charge in [0.2, 0.25) is 12.3 Å². The van der Waals surface area contributed by atoms with Crippen molar-refractivity contribution >= 4 is 23.7 Å². The van der Waals surface area contributed by atoms with Crippen LogP contribution in [-0.4, -0.2) is 43.4 Å². The fourth-order valence-electron chi connectivity index (χ4n) is 2.14. The number of rotatable bonds is 3. The monoisotopic (exact) mass is 247 g/mol. The summed E-state index contributed by atoms with van der Waals surface area (Å²) in [6.45, 7) is 4.75. The van der Waals surface area contributed by atoms with Gasteiger partial charge in [0.05, 0.1) is 0 Å². The third-order valence-corrected chi connectivity index (χ3v) is 3.16. The van der Waals surface area contributed by atoms with E-state index in [0.29, 0.717) is 6.41 Å². The highest BCUT2D eigenvalue weighted by Gasteiger charge is 2.18. The second-order valence-electron chi connectivity index (χ2n) is 4.31. The Labute approximate surface area is 106 Å². The molecule has 1 aliphatic rings. The molecule has 5 heteroatoms. The van der Waals surface area contributed by atoms with Crippen LogP contribution in [0, 0.1) is 0 Å². The van der Waals surface area contributed by atoms with Gasteiger partial charge < -0.3 is 15.1 Å². The molecule has 0 saturated carbocycles. The van der Waals surface area contributed by atoms with E-state index in [1.807, 2.05) is 29.2 Å². The third-order valence-electron chi connectivity index (χ3n) is 3.16. The number of carbonyl (C=O) groups is 2. The molecule has 96 valence electrons. The number of benzene rings is 1. The number of hydrogen-bond acceptors (Lipinski definition) is 3. The van der Waals surface area contributed by atoms with E-state index in [1.54, 1.807) is 6.92 Å². The lowest BCUT2D eigenvalue weighted by Gasteiger charge is -2.35. The molecule has 2 rings (SSSR count). The number of carbonyl (C=O) groups excluding carboxylic acids is 2. The maximum atomic E-state index is 11.2. The fraction of sp³-hybridized carbons (Fsp3) is 0.385. The van der Waals surface area contributed by atoms with Crippen LogP contribution < -0.4 is 10.2 Å². The summed E-state index contributed by atoms with van der Waals surface area (Å²) in [4.78, 5) is 25.7. The van der Waals surface area contributed by atoms with Crippen LogP contribution in [0.25, 0.3) is 0 Å². The number of hydrogen-bond donors (Lipinski definition) is 1. The largest absolute Gasteiger partial charge is 0.368 e. The van der Waals surface area contributed by atoms with Crippen molar-refractivity contribution < 1.29 is 9.59 Å². The van der Waals surface area contributed by atoms with Crippen molar-refractivity contribution in [1.29, 1.82) is 0 Å². The van der Waals surface area contributed by atoms with E-state index >= 15 is 0 Å². The minimum Gasteiger partial charge on any atom is -0.368 e. The van der Waals surface area contributed by atoms with Crippen molar-refractivity contribution in [3.8, 4) is 0 Å². The maximum Gasteiger partial charge on any atom is 0.219 e.